The zero-order valence-electron chi connectivity index (χ0n) is 11.4. The number of ether oxygens (including phenoxy) is 1. The first kappa shape index (κ1) is 13.0. The molecule has 1 atom stereocenters. The second kappa shape index (κ2) is 5.17. The third kappa shape index (κ3) is 2.17. The molecule has 1 aromatic heterocycles. The highest BCUT2D eigenvalue weighted by molar-refractivity contribution is 9.10. The van der Waals surface area contributed by atoms with Crippen molar-refractivity contribution in [1.29, 1.82) is 0 Å². The molecule has 3 rings (SSSR count). The van der Waals surface area contributed by atoms with Gasteiger partial charge < -0.3 is 14.6 Å². The van der Waals surface area contributed by atoms with Crippen molar-refractivity contribution in [2.24, 2.45) is 7.05 Å². The first-order chi connectivity index (χ1) is 9.22. The van der Waals surface area contributed by atoms with Crippen LogP contribution in [0.4, 0.5) is 0 Å². The number of methoxy groups -OCH3 is 1. The molecule has 102 valence electrons. The normalized spacial score (nSPS) is 19.8. The Morgan fingerprint density at radius 3 is 2.95 bits per heavy atom. The van der Waals surface area contributed by atoms with Crippen LogP contribution in [-0.4, -0.2) is 24.8 Å². The van der Waals surface area contributed by atoms with Crippen LogP contribution in [0.15, 0.2) is 22.7 Å². The van der Waals surface area contributed by atoms with Gasteiger partial charge in [-0.1, -0.05) is 0 Å². The van der Waals surface area contributed by atoms with Gasteiger partial charge in [0.1, 0.15) is 5.75 Å². The highest BCUT2D eigenvalue weighted by Crippen LogP contribution is 2.38. The predicted molar refractivity (Wildman–Crippen MR) is 82.0 cm³/mol. The highest BCUT2D eigenvalue weighted by Gasteiger charge is 2.23. The lowest BCUT2D eigenvalue weighted by molar-refractivity contribution is 0.415. The molecule has 2 heterocycles. The van der Waals surface area contributed by atoms with Crippen molar-refractivity contribution in [2.45, 2.75) is 18.8 Å². The monoisotopic (exact) mass is 322 g/mol. The first-order valence-corrected chi connectivity index (χ1v) is 7.54. The number of aryl methyl sites for hydroxylation is 1. The van der Waals surface area contributed by atoms with E-state index in [4.69, 9.17) is 4.74 Å². The van der Waals surface area contributed by atoms with E-state index in [1.807, 2.05) is 6.07 Å². The largest absolute Gasteiger partial charge is 0.497 e. The van der Waals surface area contributed by atoms with E-state index in [-0.39, 0.29) is 0 Å². The van der Waals surface area contributed by atoms with Gasteiger partial charge in [0.15, 0.2) is 0 Å². The molecule has 1 aliphatic rings. The molecule has 0 spiro atoms. The van der Waals surface area contributed by atoms with E-state index in [9.17, 15) is 0 Å². The number of fused-ring (bicyclic) bond motifs is 1. The third-order valence-corrected chi connectivity index (χ3v) is 4.91. The zero-order chi connectivity index (χ0) is 13.4. The average molecular weight is 323 g/mol. The minimum atomic E-state index is 0.589. The van der Waals surface area contributed by atoms with Crippen molar-refractivity contribution >= 4 is 26.8 Å². The second-order valence-corrected chi connectivity index (χ2v) is 5.98. The summed E-state index contributed by atoms with van der Waals surface area (Å²) in [4.78, 5) is 0. The Morgan fingerprint density at radius 2 is 2.26 bits per heavy atom. The van der Waals surface area contributed by atoms with E-state index in [1.165, 1.54) is 33.9 Å². The molecule has 1 fully saturated rings. The Labute approximate surface area is 122 Å². The average Bonchev–Trinajstić information content (AvgIpc) is 2.71. The fraction of sp³-hybridized carbons (Fsp3) is 0.467. The summed E-state index contributed by atoms with van der Waals surface area (Å²) in [5.41, 5.74) is 2.63. The molecule has 0 aliphatic carbocycles. The lowest BCUT2D eigenvalue weighted by atomic mass is 9.96. The molecule has 19 heavy (non-hydrogen) atoms. The summed E-state index contributed by atoms with van der Waals surface area (Å²) >= 11 is 3.80. The van der Waals surface area contributed by atoms with E-state index in [1.54, 1.807) is 7.11 Å². The maximum atomic E-state index is 5.33. The molecule has 1 aromatic carbocycles. The van der Waals surface area contributed by atoms with Crippen molar-refractivity contribution in [3.8, 4) is 5.75 Å². The van der Waals surface area contributed by atoms with Gasteiger partial charge in [0.05, 0.1) is 12.6 Å². The molecule has 3 nitrogen and oxygen atoms in total. The van der Waals surface area contributed by atoms with Crippen molar-refractivity contribution in [3.63, 3.8) is 0 Å². The summed E-state index contributed by atoms with van der Waals surface area (Å²) in [6.07, 6.45) is 2.51. The number of nitrogens with zero attached hydrogens (tertiary/aromatic N) is 1. The predicted octanol–water partition coefficient (Wildman–Crippen LogP) is 3.42. The van der Waals surface area contributed by atoms with Crippen LogP contribution in [0, 0.1) is 0 Å². The number of halogens is 1. The van der Waals surface area contributed by atoms with Gasteiger partial charge in [-0.2, -0.15) is 0 Å². The van der Waals surface area contributed by atoms with Gasteiger partial charge in [-0.25, -0.2) is 0 Å². The van der Waals surface area contributed by atoms with Crippen LogP contribution in [0.3, 0.4) is 0 Å². The molecular formula is C15H19BrN2O. The van der Waals surface area contributed by atoms with E-state index in [2.05, 4.69) is 45.0 Å². The van der Waals surface area contributed by atoms with Crippen molar-refractivity contribution in [2.75, 3.05) is 20.2 Å². The van der Waals surface area contributed by atoms with Gasteiger partial charge in [-0.15, -0.1) is 0 Å². The number of rotatable bonds is 2. The van der Waals surface area contributed by atoms with E-state index < -0.39 is 0 Å². The fourth-order valence-electron chi connectivity index (χ4n) is 3.05. The molecule has 0 bridgehead atoms. The van der Waals surface area contributed by atoms with Crippen molar-refractivity contribution < 1.29 is 4.74 Å². The van der Waals surface area contributed by atoms with Crippen LogP contribution in [0.2, 0.25) is 0 Å². The highest BCUT2D eigenvalue weighted by atomic mass is 79.9. The summed E-state index contributed by atoms with van der Waals surface area (Å²) in [6, 6.07) is 6.27. The lowest BCUT2D eigenvalue weighted by Gasteiger charge is -2.24. The van der Waals surface area contributed by atoms with Gasteiger partial charge >= 0.3 is 0 Å². The molecule has 2 aromatic rings. The third-order valence-electron chi connectivity index (χ3n) is 4.07. The molecule has 1 aliphatic heterocycles. The number of piperidine rings is 1. The molecular weight excluding hydrogens is 304 g/mol. The maximum absolute atomic E-state index is 5.33. The summed E-state index contributed by atoms with van der Waals surface area (Å²) in [5, 5.41) is 4.76. The van der Waals surface area contributed by atoms with Crippen molar-refractivity contribution in [1.82, 2.24) is 9.88 Å². The molecule has 0 saturated carbocycles. The van der Waals surface area contributed by atoms with E-state index >= 15 is 0 Å². The Bertz CT molecular complexity index is 600. The Kier molecular flexibility index (Phi) is 3.54. The van der Waals surface area contributed by atoms with Crippen molar-refractivity contribution in [3.05, 3.63) is 28.4 Å². The van der Waals surface area contributed by atoms with Crippen LogP contribution in [0.5, 0.6) is 5.75 Å². The SMILES string of the molecule is COc1ccc2c(Br)c(C3CCCNC3)n(C)c2c1. The van der Waals surface area contributed by atoms with Gasteiger partial charge in [-0.05, 0) is 47.4 Å². The zero-order valence-corrected chi connectivity index (χ0v) is 13.0. The maximum Gasteiger partial charge on any atom is 0.120 e. The molecule has 4 heteroatoms. The minimum absolute atomic E-state index is 0.589. The lowest BCUT2D eigenvalue weighted by Crippen LogP contribution is -2.29. The summed E-state index contributed by atoms with van der Waals surface area (Å²) in [6.45, 7) is 2.21. The van der Waals surface area contributed by atoms with Gasteiger partial charge in [0.25, 0.3) is 0 Å². The van der Waals surface area contributed by atoms with Gasteiger partial charge in [0.2, 0.25) is 0 Å². The number of benzene rings is 1. The topological polar surface area (TPSA) is 26.2 Å². The second-order valence-electron chi connectivity index (χ2n) is 5.18. The Balaban J connectivity index is 2.13. The molecule has 1 N–H and O–H groups in total. The van der Waals surface area contributed by atoms with Crippen LogP contribution < -0.4 is 10.1 Å². The van der Waals surface area contributed by atoms with Crippen LogP contribution in [0.1, 0.15) is 24.5 Å². The molecule has 1 unspecified atom stereocenters. The molecule has 0 radical (unpaired) electrons. The van der Waals surface area contributed by atoms with Gasteiger partial charge in [-0.3, -0.25) is 0 Å². The first-order valence-electron chi connectivity index (χ1n) is 6.75. The Morgan fingerprint density at radius 1 is 1.42 bits per heavy atom. The summed E-state index contributed by atoms with van der Waals surface area (Å²) in [7, 11) is 3.86. The van der Waals surface area contributed by atoms with E-state index in [0.717, 1.165) is 18.8 Å². The van der Waals surface area contributed by atoms with Crippen LogP contribution in [-0.2, 0) is 7.05 Å². The molecule has 1 saturated heterocycles. The molecule has 0 amide bonds. The van der Waals surface area contributed by atoms with Gasteiger partial charge in [0, 0.05) is 41.1 Å². The fourth-order valence-corrected chi connectivity index (χ4v) is 3.98. The summed E-state index contributed by atoms with van der Waals surface area (Å²) in [5.74, 6) is 1.50. The quantitative estimate of drug-likeness (QED) is 0.916. The summed E-state index contributed by atoms with van der Waals surface area (Å²) < 4.78 is 8.87. The van der Waals surface area contributed by atoms with Crippen LogP contribution in [0.25, 0.3) is 10.9 Å². The number of hydrogen-bond acceptors (Lipinski definition) is 2. The van der Waals surface area contributed by atoms with Crippen LogP contribution >= 0.6 is 15.9 Å². The Hall–Kier alpha value is -1.00. The number of aromatic nitrogens is 1. The number of nitrogens with one attached hydrogen (secondary N) is 1. The smallest absolute Gasteiger partial charge is 0.120 e. The minimum Gasteiger partial charge on any atom is -0.497 e. The number of hydrogen-bond donors (Lipinski definition) is 1. The standard InChI is InChI=1S/C15H19BrN2O/c1-18-13-8-11(19-2)5-6-12(13)14(16)15(18)10-4-3-7-17-9-10/h5-6,8,10,17H,3-4,7,9H2,1-2H3. The van der Waals surface area contributed by atoms with E-state index in [0.29, 0.717) is 5.92 Å².